The van der Waals surface area contributed by atoms with Gasteiger partial charge in [0.15, 0.2) is 0 Å². The van der Waals surface area contributed by atoms with Crippen LogP contribution in [-0.4, -0.2) is 42.3 Å². The minimum Gasteiger partial charge on any atom is -0.389 e. The molecule has 0 fully saturated rings. The Hall–Kier alpha value is -1.95. The lowest BCUT2D eigenvalue weighted by Crippen LogP contribution is -2.36. The number of nitrogens with zero attached hydrogens (tertiary/aromatic N) is 1. The highest BCUT2D eigenvalue weighted by atomic mass is 32.1. The maximum atomic E-state index is 11.6. The summed E-state index contributed by atoms with van der Waals surface area (Å²) in [5.41, 5.74) is 7.09. The highest BCUT2D eigenvalue weighted by Crippen LogP contribution is 2.05. The van der Waals surface area contributed by atoms with Crippen molar-refractivity contribution in [3.05, 3.63) is 35.4 Å². The fourth-order valence-electron chi connectivity index (χ4n) is 1.37. The average molecular weight is 279 g/mol. The van der Waals surface area contributed by atoms with Gasteiger partial charge >= 0.3 is 0 Å². The molecule has 19 heavy (non-hydrogen) atoms. The summed E-state index contributed by atoms with van der Waals surface area (Å²) in [4.78, 5) is 24.7. The minimum absolute atomic E-state index is 0.0107. The summed E-state index contributed by atoms with van der Waals surface area (Å²) in [5, 5.41) is 2.57. The van der Waals surface area contributed by atoms with Crippen molar-refractivity contribution in [2.24, 2.45) is 5.73 Å². The van der Waals surface area contributed by atoms with Crippen molar-refractivity contribution in [3.63, 3.8) is 0 Å². The number of hydrogen-bond acceptors (Lipinski definition) is 3. The van der Waals surface area contributed by atoms with Crippen molar-refractivity contribution in [1.82, 2.24) is 10.2 Å². The van der Waals surface area contributed by atoms with E-state index in [4.69, 9.17) is 18.0 Å². The van der Waals surface area contributed by atoms with E-state index in [1.807, 2.05) is 0 Å². The minimum atomic E-state index is -0.196. The summed E-state index contributed by atoms with van der Waals surface area (Å²) in [5.74, 6) is -0.338. The Morgan fingerprint density at radius 3 is 2.32 bits per heavy atom. The van der Waals surface area contributed by atoms with Crippen LogP contribution in [0.3, 0.4) is 0 Å². The molecule has 0 spiro atoms. The second-order valence-corrected chi connectivity index (χ2v) is 4.74. The lowest BCUT2D eigenvalue weighted by molar-refractivity contribution is -0.130. The highest BCUT2D eigenvalue weighted by molar-refractivity contribution is 7.80. The topological polar surface area (TPSA) is 75.4 Å². The van der Waals surface area contributed by atoms with Gasteiger partial charge in [0.2, 0.25) is 11.8 Å². The number of likely N-dealkylation sites (N-methyl/N-ethyl adjacent to an activating group) is 1. The van der Waals surface area contributed by atoms with Crippen molar-refractivity contribution < 1.29 is 9.59 Å². The van der Waals surface area contributed by atoms with Crippen molar-refractivity contribution >= 4 is 29.0 Å². The Morgan fingerprint density at radius 1 is 1.26 bits per heavy atom. The quantitative estimate of drug-likeness (QED) is 0.748. The van der Waals surface area contributed by atoms with Crippen LogP contribution in [0.5, 0.6) is 0 Å². The molecule has 0 bridgehead atoms. The molecule has 0 heterocycles. The monoisotopic (exact) mass is 279 g/mol. The molecule has 0 aromatic heterocycles. The number of benzene rings is 1. The molecule has 0 aliphatic carbocycles. The molecule has 6 heteroatoms. The molecular weight excluding hydrogens is 262 g/mol. The van der Waals surface area contributed by atoms with Gasteiger partial charge in [0.1, 0.15) is 4.99 Å². The number of hydrogen-bond donors (Lipinski definition) is 2. The first-order chi connectivity index (χ1) is 8.90. The van der Waals surface area contributed by atoms with Crippen LogP contribution in [0.4, 0.5) is 0 Å². The first-order valence-corrected chi connectivity index (χ1v) is 6.16. The van der Waals surface area contributed by atoms with Gasteiger partial charge in [0.05, 0.1) is 13.0 Å². The normalized spacial score (nSPS) is 9.79. The van der Waals surface area contributed by atoms with Crippen LogP contribution >= 0.6 is 12.2 Å². The SMILES string of the molecule is CN(C)C(=O)CNC(=O)Cc1ccc(C(N)=S)cc1. The Balaban J connectivity index is 2.48. The molecular formula is C13H17N3O2S. The van der Waals surface area contributed by atoms with E-state index in [0.717, 1.165) is 11.1 Å². The van der Waals surface area contributed by atoms with Gasteiger partial charge in [-0.15, -0.1) is 0 Å². The third-order valence-corrected chi connectivity index (χ3v) is 2.77. The van der Waals surface area contributed by atoms with Crippen molar-refractivity contribution in [2.45, 2.75) is 6.42 Å². The highest BCUT2D eigenvalue weighted by Gasteiger charge is 2.08. The fraction of sp³-hybridized carbons (Fsp3) is 0.308. The maximum absolute atomic E-state index is 11.6. The Kier molecular flexibility index (Phi) is 5.44. The van der Waals surface area contributed by atoms with E-state index in [-0.39, 0.29) is 24.8 Å². The van der Waals surface area contributed by atoms with E-state index >= 15 is 0 Å². The Morgan fingerprint density at radius 2 is 1.84 bits per heavy atom. The Labute approximate surface area is 117 Å². The second kappa shape index (κ2) is 6.84. The molecule has 102 valence electrons. The summed E-state index contributed by atoms with van der Waals surface area (Å²) in [7, 11) is 3.28. The molecule has 1 rings (SSSR count). The van der Waals surface area contributed by atoms with Gasteiger partial charge in [-0.3, -0.25) is 9.59 Å². The molecule has 2 amide bonds. The zero-order valence-electron chi connectivity index (χ0n) is 11.0. The van der Waals surface area contributed by atoms with Gasteiger partial charge in [-0.2, -0.15) is 0 Å². The summed E-state index contributed by atoms with van der Waals surface area (Å²) in [6.45, 7) is 0.0107. The number of thiocarbonyl (C=S) groups is 1. The van der Waals surface area contributed by atoms with Crippen LogP contribution < -0.4 is 11.1 Å². The van der Waals surface area contributed by atoms with Crippen LogP contribution in [0.25, 0.3) is 0 Å². The summed E-state index contributed by atoms with van der Waals surface area (Å²) in [6, 6.07) is 7.13. The van der Waals surface area contributed by atoms with E-state index in [1.54, 1.807) is 38.4 Å². The third-order valence-electron chi connectivity index (χ3n) is 2.54. The maximum Gasteiger partial charge on any atom is 0.241 e. The first-order valence-electron chi connectivity index (χ1n) is 5.75. The van der Waals surface area contributed by atoms with Gasteiger partial charge in [-0.25, -0.2) is 0 Å². The van der Waals surface area contributed by atoms with Crippen LogP contribution in [0.15, 0.2) is 24.3 Å². The molecule has 3 N–H and O–H groups in total. The van der Waals surface area contributed by atoms with E-state index in [0.29, 0.717) is 4.99 Å². The van der Waals surface area contributed by atoms with Gasteiger partial charge in [0, 0.05) is 19.7 Å². The smallest absolute Gasteiger partial charge is 0.241 e. The molecule has 0 atom stereocenters. The molecule has 0 radical (unpaired) electrons. The van der Waals surface area contributed by atoms with Gasteiger partial charge in [0.25, 0.3) is 0 Å². The second-order valence-electron chi connectivity index (χ2n) is 4.30. The standard InChI is InChI=1S/C13H17N3O2S/c1-16(2)12(18)8-15-11(17)7-9-3-5-10(6-4-9)13(14)19/h3-6H,7-8H2,1-2H3,(H2,14,19)(H,15,17). The molecule has 1 aromatic rings. The summed E-state index contributed by atoms with van der Waals surface area (Å²) < 4.78 is 0. The molecule has 5 nitrogen and oxygen atoms in total. The molecule has 0 saturated heterocycles. The zero-order chi connectivity index (χ0) is 14.4. The Bertz CT molecular complexity index is 483. The van der Waals surface area contributed by atoms with Crippen molar-refractivity contribution in [1.29, 1.82) is 0 Å². The molecule has 0 saturated carbocycles. The van der Waals surface area contributed by atoms with E-state index < -0.39 is 0 Å². The van der Waals surface area contributed by atoms with Gasteiger partial charge < -0.3 is 16.0 Å². The summed E-state index contributed by atoms with van der Waals surface area (Å²) >= 11 is 4.84. The fourth-order valence-corrected chi connectivity index (χ4v) is 1.50. The zero-order valence-corrected chi connectivity index (χ0v) is 11.8. The number of nitrogens with one attached hydrogen (secondary N) is 1. The van der Waals surface area contributed by atoms with Crippen molar-refractivity contribution in [3.8, 4) is 0 Å². The lowest BCUT2D eigenvalue weighted by Gasteiger charge is -2.11. The number of rotatable bonds is 5. The van der Waals surface area contributed by atoms with Crippen LogP contribution in [0.2, 0.25) is 0 Å². The van der Waals surface area contributed by atoms with Crippen molar-refractivity contribution in [2.75, 3.05) is 20.6 Å². The predicted octanol–water partition coefficient (Wildman–Crippen LogP) is 0.0677. The largest absolute Gasteiger partial charge is 0.389 e. The van der Waals surface area contributed by atoms with Crippen LogP contribution in [0, 0.1) is 0 Å². The van der Waals surface area contributed by atoms with E-state index in [2.05, 4.69) is 5.32 Å². The van der Waals surface area contributed by atoms with Gasteiger partial charge in [-0.1, -0.05) is 36.5 Å². The molecule has 0 aliphatic rings. The third kappa shape index (κ3) is 5.05. The molecule has 1 aromatic carbocycles. The average Bonchev–Trinajstić information content (AvgIpc) is 2.36. The van der Waals surface area contributed by atoms with E-state index in [9.17, 15) is 9.59 Å². The van der Waals surface area contributed by atoms with Gasteiger partial charge in [-0.05, 0) is 5.56 Å². The molecule has 0 unspecified atom stereocenters. The van der Waals surface area contributed by atoms with E-state index in [1.165, 1.54) is 4.90 Å². The first kappa shape index (κ1) is 15.1. The van der Waals surface area contributed by atoms with Crippen LogP contribution in [-0.2, 0) is 16.0 Å². The number of carbonyl (C=O) groups is 2. The predicted molar refractivity (Wildman–Crippen MR) is 77.7 cm³/mol. The number of nitrogens with two attached hydrogens (primary N) is 1. The van der Waals surface area contributed by atoms with Crippen LogP contribution in [0.1, 0.15) is 11.1 Å². The lowest BCUT2D eigenvalue weighted by atomic mass is 10.1. The number of amides is 2. The number of carbonyl (C=O) groups excluding carboxylic acids is 2. The summed E-state index contributed by atoms with van der Waals surface area (Å²) in [6.07, 6.45) is 0.221. The molecule has 0 aliphatic heterocycles.